The van der Waals surface area contributed by atoms with Crippen molar-refractivity contribution in [3.63, 3.8) is 0 Å². The molecule has 4 heteroatoms. The lowest BCUT2D eigenvalue weighted by Gasteiger charge is -2.45. The minimum atomic E-state index is -0.845. The average Bonchev–Trinajstić information content (AvgIpc) is 2.46. The number of carboxylic acid groups (broad SMARTS) is 1. The van der Waals surface area contributed by atoms with Crippen LogP contribution in [0.2, 0.25) is 0 Å². The standard InChI is InChI=1S/C16H21NO3/c1-11-6-7-13(12(10-11)16(18)19)17-8-9-20-15-5-3-2-4-14(15)17/h6-7,10,14-15H,2-5,8-9H2,1H3,(H,18,19). The van der Waals surface area contributed by atoms with E-state index in [-0.39, 0.29) is 6.10 Å². The molecule has 0 amide bonds. The third-order valence-electron chi connectivity index (χ3n) is 4.42. The molecule has 1 aliphatic carbocycles. The average molecular weight is 275 g/mol. The van der Waals surface area contributed by atoms with E-state index in [0.717, 1.165) is 30.6 Å². The Kier molecular flexibility index (Phi) is 3.66. The molecule has 1 aliphatic heterocycles. The minimum Gasteiger partial charge on any atom is -0.478 e. The summed E-state index contributed by atoms with van der Waals surface area (Å²) in [7, 11) is 0. The maximum absolute atomic E-state index is 11.5. The number of morpholine rings is 1. The summed E-state index contributed by atoms with van der Waals surface area (Å²) in [6, 6.07) is 6.05. The summed E-state index contributed by atoms with van der Waals surface area (Å²) in [5.41, 5.74) is 2.25. The lowest BCUT2D eigenvalue weighted by Crippen LogP contribution is -2.53. The Morgan fingerprint density at radius 2 is 2.15 bits per heavy atom. The van der Waals surface area contributed by atoms with Gasteiger partial charge >= 0.3 is 5.97 Å². The molecule has 1 N–H and O–H groups in total. The molecule has 0 radical (unpaired) electrons. The van der Waals surface area contributed by atoms with Gasteiger partial charge in [0.25, 0.3) is 0 Å². The van der Waals surface area contributed by atoms with Gasteiger partial charge in [0.15, 0.2) is 0 Å². The Labute approximate surface area is 119 Å². The van der Waals surface area contributed by atoms with Crippen molar-refractivity contribution in [2.45, 2.75) is 44.8 Å². The van der Waals surface area contributed by atoms with Crippen molar-refractivity contribution in [2.24, 2.45) is 0 Å². The number of fused-ring (bicyclic) bond motifs is 1. The van der Waals surface area contributed by atoms with E-state index in [1.165, 1.54) is 12.8 Å². The summed E-state index contributed by atoms with van der Waals surface area (Å²) >= 11 is 0. The minimum absolute atomic E-state index is 0.264. The zero-order valence-corrected chi connectivity index (χ0v) is 11.8. The molecule has 0 bridgehead atoms. The Morgan fingerprint density at radius 1 is 1.35 bits per heavy atom. The Bertz CT molecular complexity index is 512. The zero-order valence-electron chi connectivity index (χ0n) is 11.8. The number of aryl methyl sites for hydroxylation is 1. The molecule has 108 valence electrons. The molecule has 3 rings (SSSR count). The smallest absolute Gasteiger partial charge is 0.337 e. The van der Waals surface area contributed by atoms with Gasteiger partial charge < -0.3 is 14.7 Å². The molecule has 1 saturated carbocycles. The predicted molar refractivity (Wildman–Crippen MR) is 77.5 cm³/mol. The molecule has 20 heavy (non-hydrogen) atoms. The third-order valence-corrected chi connectivity index (χ3v) is 4.42. The van der Waals surface area contributed by atoms with E-state index in [4.69, 9.17) is 4.74 Å². The second-order valence-electron chi connectivity index (χ2n) is 5.78. The van der Waals surface area contributed by atoms with Crippen molar-refractivity contribution < 1.29 is 14.6 Å². The van der Waals surface area contributed by atoms with E-state index in [0.29, 0.717) is 18.2 Å². The highest BCUT2D eigenvalue weighted by atomic mass is 16.5. The van der Waals surface area contributed by atoms with Crippen LogP contribution in [0.3, 0.4) is 0 Å². The normalized spacial score (nSPS) is 26.1. The van der Waals surface area contributed by atoms with Crippen molar-refractivity contribution in [1.82, 2.24) is 0 Å². The van der Waals surface area contributed by atoms with Crippen LogP contribution in [0.15, 0.2) is 18.2 Å². The second kappa shape index (κ2) is 5.44. The molecule has 2 fully saturated rings. The van der Waals surface area contributed by atoms with Crippen molar-refractivity contribution in [3.05, 3.63) is 29.3 Å². The van der Waals surface area contributed by atoms with Gasteiger partial charge in [-0.15, -0.1) is 0 Å². The first-order valence-electron chi connectivity index (χ1n) is 7.39. The first-order chi connectivity index (χ1) is 9.66. The summed E-state index contributed by atoms with van der Waals surface area (Å²) in [5, 5.41) is 9.46. The van der Waals surface area contributed by atoms with E-state index in [9.17, 15) is 9.90 Å². The summed E-state index contributed by atoms with van der Waals surface area (Å²) in [5.74, 6) is -0.845. The number of rotatable bonds is 2. The van der Waals surface area contributed by atoms with Crippen LogP contribution in [0.4, 0.5) is 5.69 Å². The van der Waals surface area contributed by atoms with Gasteiger partial charge in [-0.1, -0.05) is 24.5 Å². The fraction of sp³-hybridized carbons (Fsp3) is 0.562. The summed E-state index contributed by atoms with van der Waals surface area (Å²) in [4.78, 5) is 13.8. The number of aromatic carboxylic acids is 1. The highest BCUT2D eigenvalue weighted by Crippen LogP contribution is 2.34. The Hall–Kier alpha value is -1.55. The first-order valence-corrected chi connectivity index (χ1v) is 7.39. The molecule has 2 aliphatic rings. The Morgan fingerprint density at radius 3 is 2.95 bits per heavy atom. The quantitative estimate of drug-likeness (QED) is 0.901. The highest BCUT2D eigenvalue weighted by Gasteiger charge is 2.35. The lowest BCUT2D eigenvalue weighted by atomic mass is 9.89. The van der Waals surface area contributed by atoms with Crippen LogP contribution in [-0.4, -0.2) is 36.4 Å². The van der Waals surface area contributed by atoms with Crippen molar-refractivity contribution in [3.8, 4) is 0 Å². The van der Waals surface area contributed by atoms with Gasteiger partial charge in [-0.3, -0.25) is 0 Å². The number of carbonyl (C=O) groups is 1. The van der Waals surface area contributed by atoms with Gasteiger partial charge in [0, 0.05) is 6.54 Å². The maximum Gasteiger partial charge on any atom is 0.337 e. The number of carboxylic acids is 1. The Balaban J connectivity index is 1.96. The number of ether oxygens (including phenoxy) is 1. The SMILES string of the molecule is Cc1ccc(N2CCOC3CCCCC32)c(C(=O)O)c1. The van der Waals surface area contributed by atoms with Gasteiger partial charge in [-0.25, -0.2) is 4.79 Å². The first kappa shape index (κ1) is 13.4. The molecule has 1 aromatic carbocycles. The molecular weight excluding hydrogens is 254 g/mol. The van der Waals surface area contributed by atoms with E-state index in [2.05, 4.69) is 4.90 Å². The highest BCUT2D eigenvalue weighted by molar-refractivity contribution is 5.94. The van der Waals surface area contributed by atoms with Crippen LogP contribution in [0.5, 0.6) is 0 Å². The molecule has 4 nitrogen and oxygen atoms in total. The van der Waals surface area contributed by atoms with Crippen molar-refractivity contribution in [1.29, 1.82) is 0 Å². The van der Waals surface area contributed by atoms with Crippen LogP contribution in [0, 0.1) is 6.92 Å². The van der Waals surface area contributed by atoms with Crippen molar-refractivity contribution >= 4 is 11.7 Å². The third kappa shape index (κ3) is 2.40. The van der Waals surface area contributed by atoms with Crippen LogP contribution in [0.1, 0.15) is 41.6 Å². The number of nitrogens with zero attached hydrogens (tertiary/aromatic N) is 1. The molecular formula is C16H21NO3. The molecule has 1 saturated heterocycles. The van der Waals surface area contributed by atoms with Gasteiger partial charge in [-0.2, -0.15) is 0 Å². The molecule has 2 unspecified atom stereocenters. The van der Waals surface area contributed by atoms with Gasteiger partial charge in [-0.05, 0) is 31.9 Å². The largest absolute Gasteiger partial charge is 0.478 e. The second-order valence-corrected chi connectivity index (χ2v) is 5.78. The van der Waals surface area contributed by atoms with Crippen LogP contribution in [-0.2, 0) is 4.74 Å². The van der Waals surface area contributed by atoms with E-state index in [1.807, 2.05) is 19.1 Å². The molecule has 0 aromatic heterocycles. The monoisotopic (exact) mass is 275 g/mol. The summed E-state index contributed by atoms with van der Waals surface area (Å²) < 4.78 is 5.87. The van der Waals surface area contributed by atoms with E-state index in [1.54, 1.807) is 6.07 Å². The predicted octanol–water partition coefficient (Wildman–Crippen LogP) is 2.84. The van der Waals surface area contributed by atoms with E-state index >= 15 is 0 Å². The lowest BCUT2D eigenvalue weighted by molar-refractivity contribution is -0.00878. The summed E-state index contributed by atoms with van der Waals surface area (Å²) in [6.07, 6.45) is 4.87. The molecule has 1 heterocycles. The van der Waals surface area contributed by atoms with Crippen LogP contribution >= 0.6 is 0 Å². The number of anilines is 1. The van der Waals surface area contributed by atoms with Crippen LogP contribution < -0.4 is 4.90 Å². The summed E-state index contributed by atoms with van der Waals surface area (Å²) in [6.45, 7) is 3.40. The molecule has 0 spiro atoms. The molecule has 2 atom stereocenters. The van der Waals surface area contributed by atoms with Gasteiger partial charge in [0.2, 0.25) is 0 Å². The number of benzene rings is 1. The van der Waals surface area contributed by atoms with Gasteiger partial charge in [0.1, 0.15) is 0 Å². The number of hydrogen-bond acceptors (Lipinski definition) is 3. The van der Waals surface area contributed by atoms with Crippen LogP contribution in [0.25, 0.3) is 0 Å². The fourth-order valence-corrected chi connectivity index (χ4v) is 3.47. The topological polar surface area (TPSA) is 49.8 Å². The fourth-order valence-electron chi connectivity index (χ4n) is 3.47. The number of hydrogen-bond donors (Lipinski definition) is 1. The van der Waals surface area contributed by atoms with Gasteiger partial charge in [0.05, 0.1) is 30.0 Å². The van der Waals surface area contributed by atoms with E-state index < -0.39 is 5.97 Å². The van der Waals surface area contributed by atoms with Crippen molar-refractivity contribution in [2.75, 3.05) is 18.1 Å². The maximum atomic E-state index is 11.5. The zero-order chi connectivity index (χ0) is 14.1. The molecule has 1 aromatic rings.